The Hall–Kier alpha value is -4.05. The minimum atomic E-state index is -1.56. The summed E-state index contributed by atoms with van der Waals surface area (Å²) < 4.78 is 47.5. The van der Waals surface area contributed by atoms with Crippen molar-refractivity contribution in [2.45, 2.75) is 13.0 Å². The first-order valence-electron chi connectivity index (χ1n) is 11.2. The molecule has 0 saturated carbocycles. The van der Waals surface area contributed by atoms with Gasteiger partial charge in [-0.25, -0.2) is 27.8 Å². The summed E-state index contributed by atoms with van der Waals surface area (Å²) in [6.07, 6.45) is 4.11. The van der Waals surface area contributed by atoms with Gasteiger partial charge in [0.2, 0.25) is 0 Å². The predicted octanol–water partition coefficient (Wildman–Crippen LogP) is 4.16. The molecule has 0 atom stereocenters. The van der Waals surface area contributed by atoms with Gasteiger partial charge < -0.3 is 9.64 Å². The summed E-state index contributed by atoms with van der Waals surface area (Å²) in [7, 11) is 4.01. The molecule has 0 fully saturated rings. The van der Waals surface area contributed by atoms with E-state index < -0.39 is 23.0 Å². The standard InChI is InChI=1S/C26H24F3N5O2/c1-33(2)9-4-10-36-20-14-30-26(31-15-20)18-6-3-5-17(11-18)16-34-24(35)8-7-23(32-34)19-12-21(27)25(29)22(28)13-19/h3,5-8,11-15H,4,9-10,16H2,1-2H3. The first-order chi connectivity index (χ1) is 17.3. The van der Waals surface area contributed by atoms with Crippen LogP contribution in [-0.4, -0.2) is 51.9 Å². The molecule has 4 rings (SSSR count). The molecule has 0 saturated heterocycles. The van der Waals surface area contributed by atoms with Gasteiger partial charge in [-0.05, 0) is 50.3 Å². The molecule has 0 bridgehead atoms. The van der Waals surface area contributed by atoms with E-state index in [9.17, 15) is 18.0 Å². The van der Waals surface area contributed by atoms with Gasteiger partial charge in [0.25, 0.3) is 5.56 Å². The molecule has 36 heavy (non-hydrogen) atoms. The SMILES string of the molecule is CN(C)CCCOc1cnc(-c2cccc(Cn3nc(-c4cc(F)c(F)c(F)c4)ccc3=O)c2)nc1. The maximum Gasteiger partial charge on any atom is 0.267 e. The van der Waals surface area contributed by atoms with E-state index in [4.69, 9.17) is 4.74 Å². The van der Waals surface area contributed by atoms with Gasteiger partial charge in [-0.2, -0.15) is 5.10 Å². The van der Waals surface area contributed by atoms with Crippen molar-refractivity contribution in [3.63, 3.8) is 0 Å². The van der Waals surface area contributed by atoms with Crippen molar-refractivity contribution in [3.8, 4) is 28.4 Å². The third-order valence-electron chi connectivity index (χ3n) is 5.31. The zero-order valence-corrected chi connectivity index (χ0v) is 19.8. The van der Waals surface area contributed by atoms with Gasteiger partial charge >= 0.3 is 0 Å². The van der Waals surface area contributed by atoms with Crippen LogP contribution in [0.15, 0.2) is 65.7 Å². The summed E-state index contributed by atoms with van der Waals surface area (Å²) >= 11 is 0. The van der Waals surface area contributed by atoms with Crippen molar-refractivity contribution in [2.75, 3.05) is 27.2 Å². The zero-order valence-electron chi connectivity index (χ0n) is 19.8. The molecule has 0 unspecified atom stereocenters. The molecule has 0 aliphatic heterocycles. The number of hydrogen-bond donors (Lipinski definition) is 0. The molecule has 0 aliphatic carbocycles. The highest BCUT2D eigenvalue weighted by atomic mass is 19.2. The highest BCUT2D eigenvalue weighted by molar-refractivity contribution is 5.59. The van der Waals surface area contributed by atoms with Crippen LogP contribution >= 0.6 is 0 Å². The molecule has 2 aromatic heterocycles. The van der Waals surface area contributed by atoms with Crippen molar-refractivity contribution < 1.29 is 17.9 Å². The van der Waals surface area contributed by atoms with Crippen molar-refractivity contribution >= 4 is 0 Å². The zero-order chi connectivity index (χ0) is 25.7. The Labute approximate surface area is 205 Å². The molecule has 4 aromatic rings. The van der Waals surface area contributed by atoms with Crippen molar-refractivity contribution in [1.29, 1.82) is 0 Å². The summed E-state index contributed by atoms with van der Waals surface area (Å²) in [6.45, 7) is 1.58. The lowest BCUT2D eigenvalue weighted by Crippen LogP contribution is -2.22. The van der Waals surface area contributed by atoms with Crippen LogP contribution in [0.3, 0.4) is 0 Å². The molecule has 0 N–H and O–H groups in total. The molecule has 0 aliphatic rings. The largest absolute Gasteiger partial charge is 0.490 e. The van der Waals surface area contributed by atoms with Crippen LogP contribution in [0.1, 0.15) is 12.0 Å². The maximum atomic E-state index is 13.7. The summed E-state index contributed by atoms with van der Waals surface area (Å²) in [5, 5.41) is 4.21. The number of halogens is 3. The molecule has 2 aromatic carbocycles. The van der Waals surface area contributed by atoms with Crippen LogP contribution in [0.4, 0.5) is 13.2 Å². The Kier molecular flexibility index (Phi) is 7.74. The molecule has 0 amide bonds. The van der Waals surface area contributed by atoms with Gasteiger partial charge in [0, 0.05) is 23.7 Å². The molecule has 186 valence electrons. The van der Waals surface area contributed by atoms with E-state index in [-0.39, 0.29) is 17.8 Å². The highest BCUT2D eigenvalue weighted by Crippen LogP contribution is 2.22. The van der Waals surface area contributed by atoms with Crippen LogP contribution in [0.2, 0.25) is 0 Å². The lowest BCUT2D eigenvalue weighted by Gasteiger charge is -2.10. The van der Waals surface area contributed by atoms with Gasteiger partial charge in [0.15, 0.2) is 29.0 Å². The third kappa shape index (κ3) is 6.14. The number of rotatable bonds is 9. The summed E-state index contributed by atoms with van der Waals surface area (Å²) in [6, 6.07) is 11.5. The number of ether oxygens (including phenoxy) is 1. The van der Waals surface area contributed by atoms with Gasteiger partial charge in [0.1, 0.15) is 0 Å². The first kappa shape index (κ1) is 25.1. The normalized spacial score (nSPS) is 11.2. The number of nitrogens with zero attached hydrogens (tertiary/aromatic N) is 5. The van der Waals surface area contributed by atoms with Crippen molar-refractivity contribution in [3.05, 3.63) is 94.3 Å². The van der Waals surface area contributed by atoms with Gasteiger partial charge in [0.05, 0.1) is 31.2 Å². The maximum absolute atomic E-state index is 13.7. The minimum Gasteiger partial charge on any atom is -0.490 e. The fourth-order valence-electron chi connectivity index (χ4n) is 3.51. The van der Waals surface area contributed by atoms with Crippen molar-refractivity contribution in [2.24, 2.45) is 0 Å². The Morgan fingerprint density at radius 2 is 1.67 bits per heavy atom. The third-order valence-corrected chi connectivity index (χ3v) is 5.31. The number of aromatic nitrogens is 4. The monoisotopic (exact) mass is 495 g/mol. The number of hydrogen-bond acceptors (Lipinski definition) is 6. The fraction of sp³-hybridized carbons (Fsp3) is 0.231. The lowest BCUT2D eigenvalue weighted by atomic mass is 10.1. The second-order valence-electron chi connectivity index (χ2n) is 8.42. The smallest absolute Gasteiger partial charge is 0.267 e. The van der Waals surface area contributed by atoms with Gasteiger partial charge in [-0.3, -0.25) is 4.79 Å². The summed E-state index contributed by atoms with van der Waals surface area (Å²) in [4.78, 5) is 23.2. The van der Waals surface area contributed by atoms with E-state index >= 15 is 0 Å². The minimum absolute atomic E-state index is 0.0197. The molecule has 10 heteroatoms. The Bertz CT molecular complexity index is 1380. The Morgan fingerprint density at radius 1 is 0.944 bits per heavy atom. The van der Waals surface area contributed by atoms with Gasteiger partial charge in [-0.1, -0.05) is 18.2 Å². The second-order valence-corrected chi connectivity index (χ2v) is 8.42. The van der Waals surface area contributed by atoms with Crippen LogP contribution in [0.25, 0.3) is 22.6 Å². The molecule has 0 spiro atoms. The average Bonchev–Trinajstić information content (AvgIpc) is 2.86. The Morgan fingerprint density at radius 3 is 2.36 bits per heavy atom. The van der Waals surface area contributed by atoms with Crippen LogP contribution in [0.5, 0.6) is 5.75 Å². The summed E-state index contributed by atoms with van der Waals surface area (Å²) in [5.41, 5.74) is 1.22. The topological polar surface area (TPSA) is 73.1 Å². The van der Waals surface area contributed by atoms with Crippen LogP contribution in [0, 0.1) is 17.5 Å². The van der Waals surface area contributed by atoms with E-state index in [0.29, 0.717) is 18.2 Å². The van der Waals surface area contributed by atoms with E-state index in [1.54, 1.807) is 18.5 Å². The first-order valence-corrected chi connectivity index (χ1v) is 11.2. The average molecular weight is 496 g/mol. The second kappa shape index (κ2) is 11.1. The molecule has 0 radical (unpaired) electrons. The summed E-state index contributed by atoms with van der Waals surface area (Å²) in [5.74, 6) is -3.15. The molecule has 7 nitrogen and oxygen atoms in total. The van der Waals surface area contributed by atoms with Crippen molar-refractivity contribution in [1.82, 2.24) is 24.6 Å². The van der Waals surface area contributed by atoms with E-state index in [2.05, 4.69) is 20.0 Å². The van der Waals surface area contributed by atoms with E-state index in [0.717, 1.165) is 36.2 Å². The van der Waals surface area contributed by atoms with Gasteiger partial charge in [-0.15, -0.1) is 0 Å². The van der Waals surface area contributed by atoms with Crippen LogP contribution in [-0.2, 0) is 6.54 Å². The quantitative estimate of drug-likeness (QED) is 0.257. The number of benzene rings is 2. The fourth-order valence-corrected chi connectivity index (χ4v) is 3.51. The predicted molar refractivity (Wildman–Crippen MR) is 129 cm³/mol. The molecular weight excluding hydrogens is 471 g/mol. The van der Waals surface area contributed by atoms with E-state index in [1.165, 1.54) is 16.8 Å². The highest BCUT2D eigenvalue weighted by Gasteiger charge is 2.13. The van der Waals surface area contributed by atoms with E-state index in [1.807, 2.05) is 32.3 Å². The lowest BCUT2D eigenvalue weighted by molar-refractivity contribution is 0.280. The molecular formula is C26H24F3N5O2. The van der Waals surface area contributed by atoms with Crippen LogP contribution < -0.4 is 10.3 Å². The Balaban J connectivity index is 1.50. The molecule has 2 heterocycles.